The highest BCUT2D eigenvalue weighted by Crippen LogP contribution is 2.27. The van der Waals surface area contributed by atoms with Crippen LogP contribution in [0.15, 0.2) is 18.2 Å². The summed E-state index contributed by atoms with van der Waals surface area (Å²) in [6, 6.07) is 4.75. The summed E-state index contributed by atoms with van der Waals surface area (Å²) in [5.41, 5.74) is 0.907. The first-order valence-corrected chi connectivity index (χ1v) is 6.55. The lowest BCUT2D eigenvalue weighted by Gasteiger charge is -2.26. The van der Waals surface area contributed by atoms with E-state index in [1.165, 1.54) is 6.07 Å². The van der Waals surface area contributed by atoms with Crippen LogP contribution in [0.25, 0.3) is 0 Å². The van der Waals surface area contributed by atoms with E-state index in [-0.39, 0.29) is 48.6 Å². The molecule has 7 nitrogen and oxygen atoms in total. The van der Waals surface area contributed by atoms with Crippen LogP contribution in [0, 0.1) is 17.0 Å². The van der Waals surface area contributed by atoms with Gasteiger partial charge in [0, 0.05) is 32.2 Å². The quantitative estimate of drug-likeness (QED) is 0.635. The topological polar surface area (TPSA) is 87.5 Å². The molecular weight excluding hydrogens is 331 g/mol. The van der Waals surface area contributed by atoms with E-state index in [4.69, 9.17) is 0 Å². The highest BCUT2D eigenvalue weighted by molar-refractivity contribution is 5.95. The number of nitro benzene ring substituents is 1. The molecule has 9 heteroatoms. The summed E-state index contributed by atoms with van der Waals surface area (Å²) in [4.78, 5) is 24.5. The average molecular weight is 351 g/mol. The number of nitrogens with one attached hydrogen (secondary N) is 2. The number of aryl methyl sites for hydroxylation is 1. The number of nitro groups is 1. The van der Waals surface area contributed by atoms with Crippen LogP contribution in [0.5, 0.6) is 0 Å². The Morgan fingerprint density at radius 2 is 2.00 bits per heavy atom. The molecule has 0 unspecified atom stereocenters. The molecule has 0 spiro atoms. The minimum Gasteiger partial charge on any atom is -0.319 e. The Morgan fingerprint density at radius 3 is 2.59 bits per heavy atom. The monoisotopic (exact) mass is 350 g/mol. The van der Waals surface area contributed by atoms with Crippen molar-refractivity contribution in [3.05, 3.63) is 33.9 Å². The summed E-state index contributed by atoms with van der Waals surface area (Å²) in [5, 5.41) is 16.9. The summed E-state index contributed by atoms with van der Waals surface area (Å²) in [5.74, 6) is -0.218. The number of halogens is 2. The molecular formula is C13H20Cl2N4O3. The van der Waals surface area contributed by atoms with Crippen LogP contribution in [-0.4, -0.2) is 48.5 Å². The van der Waals surface area contributed by atoms with Gasteiger partial charge in [0.05, 0.1) is 11.5 Å². The van der Waals surface area contributed by atoms with Crippen molar-refractivity contribution in [2.45, 2.75) is 6.92 Å². The van der Waals surface area contributed by atoms with Crippen LogP contribution >= 0.6 is 24.8 Å². The molecule has 1 aliphatic rings. The first kappa shape index (κ1) is 20.6. The van der Waals surface area contributed by atoms with Crippen LogP contribution in [-0.2, 0) is 4.79 Å². The van der Waals surface area contributed by atoms with Crippen molar-refractivity contribution < 1.29 is 9.72 Å². The fourth-order valence-corrected chi connectivity index (χ4v) is 2.22. The van der Waals surface area contributed by atoms with Gasteiger partial charge in [0.1, 0.15) is 5.69 Å². The van der Waals surface area contributed by atoms with E-state index in [0.717, 1.165) is 26.2 Å². The predicted molar refractivity (Wildman–Crippen MR) is 90.3 cm³/mol. The van der Waals surface area contributed by atoms with Crippen molar-refractivity contribution in [1.29, 1.82) is 0 Å². The summed E-state index contributed by atoms with van der Waals surface area (Å²) < 4.78 is 0. The first-order valence-electron chi connectivity index (χ1n) is 6.55. The van der Waals surface area contributed by atoms with Gasteiger partial charge in [0.25, 0.3) is 5.69 Å². The molecule has 1 fully saturated rings. The fraction of sp³-hybridized carbons (Fsp3) is 0.462. The van der Waals surface area contributed by atoms with Gasteiger partial charge in [-0.3, -0.25) is 19.8 Å². The van der Waals surface area contributed by atoms with Gasteiger partial charge < -0.3 is 10.6 Å². The molecule has 1 aromatic rings. The Bertz CT molecular complexity index is 522. The van der Waals surface area contributed by atoms with Gasteiger partial charge in [-0.25, -0.2) is 0 Å². The number of rotatable bonds is 4. The molecule has 1 heterocycles. The second kappa shape index (κ2) is 9.58. The summed E-state index contributed by atoms with van der Waals surface area (Å²) >= 11 is 0. The van der Waals surface area contributed by atoms with Crippen molar-refractivity contribution in [1.82, 2.24) is 10.2 Å². The number of carbonyl (C=O) groups excluding carboxylic acids is 1. The molecule has 1 amide bonds. The zero-order valence-electron chi connectivity index (χ0n) is 12.2. The number of piperazine rings is 1. The fourth-order valence-electron chi connectivity index (χ4n) is 2.22. The Kier molecular flexibility index (Phi) is 8.96. The second-order valence-corrected chi connectivity index (χ2v) is 4.80. The van der Waals surface area contributed by atoms with Gasteiger partial charge in [-0.2, -0.15) is 0 Å². The Hall–Kier alpha value is -1.41. The van der Waals surface area contributed by atoms with Gasteiger partial charge in [-0.15, -0.1) is 24.8 Å². The zero-order chi connectivity index (χ0) is 14.5. The molecule has 0 bridgehead atoms. The maximum Gasteiger partial charge on any atom is 0.293 e. The van der Waals surface area contributed by atoms with Crippen molar-refractivity contribution in [2.75, 3.05) is 38.0 Å². The third-order valence-electron chi connectivity index (χ3n) is 3.29. The number of para-hydroxylation sites is 1. The third kappa shape index (κ3) is 5.42. The number of hydrogen-bond acceptors (Lipinski definition) is 5. The van der Waals surface area contributed by atoms with Gasteiger partial charge in [-0.1, -0.05) is 12.1 Å². The molecule has 22 heavy (non-hydrogen) atoms. The van der Waals surface area contributed by atoms with Gasteiger partial charge in [0.2, 0.25) is 5.91 Å². The number of hydrogen-bond donors (Lipinski definition) is 2. The molecule has 2 rings (SSSR count). The molecule has 1 saturated heterocycles. The molecule has 1 aliphatic heterocycles. The zero-order valence-corrected chi connectivity index (χ0v) is 13.8. The van der Waals surface area contributed by atoms with E-state index in [2.05, 4.69) is 10.6 Å². The molecule has 0 aromatic heterocycles. The van der Waals surface area contributed by atoms with Crippen molar-refractivity contribution in [3.63, 3.8) is 0 Å². The van der Waals surface area contributed by atoms with Crippen LogP contribution < -0.4 is 10.6 Å². The molecule has 2 N–H and O–H groups in total. The minimum absolute atomic E-state index is 0. The molecule has 0 atom stereocenters. The van der Waals surface area contributed by atoms with E-state index in [1.807, 2.05) is 4.90 Å². The van der Waals surface area contributed by atoms with Crippen LogP contribution in [0.2, 0.25) is 0 Å². The maximum atomic E-state index is 12.0. The number of amides is 1. The largest absolute Gasteiger partial charge is 0.319 e. The highest BCUT2D eigenvalue weighted by atomic mass is 35.5. The van der Waals surface area contributed by atoms with E-state index in [9.17, 15) is 14.9 Å². The first-order chi connectivity index (χ1) is 9.58. The van der Waals surface area contributed by atoms with Crippen LogP contribution in [0.4, 0.5) is 11.4 Å². The Balaban J connectivity index is 0.00000220. The molecule has 124 valence electrons. The molecule has 1 aromatic carbocycles. The lowest BCUT2D eigenvalue weighted by atomic mass is 10.1. The third-order valence-corrected chi connectivity index (χ3v) is 3.29. The van der Waals surface area contributed by atoms with E-state index in [0.29, 0.717) is 5.56 Å². The van der Waals surface area contributed by atoms with Crippen LogP contribution in [0.3, 0.4) is 0 Å². The highest BCUT2D eigenvalue weighted by Gasteiger charge is 2.19. The van der Waals surface area contributed by atoms with Gasteiger partial charge >= 0.3 is 0 Å². The molecule has 0 radical (unpaired) electrons. The molecule has 0 saturated carbocycles. The van der Waals surface area contributed by atoms with Crippen molar-refractivity contribution >= 4 is 42.1 Å². The summed E-state index contributed by atoms with van der Waals surface area (Å²) in [6.45, 7) is 5.34. The second-order valence-electron chi connectivity index (χ2n) is 4.80. The smallest absolute Gasteiger partial charge is 0.293 e. The molecule has 0 aliphatic carbocycles. The van der Waals surface area contributed by atoms with E-state index in [1.54, 1.807) is 19.1 Å². The summed E-state index contributed by atoms with van der Waals surface area (Å²) in [7, 11) is 0. The number of benzene rings is 1. The maximum absolute atomic E-state index is 12.0. The van der Waals surface area contributed by atoms with Gasteiger partial charge in [0.15, 0.2) is 0 Å². The average Bonchev–Trinajstić information content (AvgIpc) is 2.42. The minimum atomic E-state index is -0.479. The van der Waals surface area contributed by atoms with E-state index >= 15 is 0 Å². The number of nitrogens with zero attached hydrogens (tertiary/aromatic N) is 2. The van der Waals surface area contributed by atoms with Crippen molar-refractivity contribution in [3.8, 4) is 0 Å². The van der Waals surface area contributed by atoms with E-state index < -0.39 is 4.92 Å². The van der Waals surface area contributed by atoms with Gasteiger partial charge in [-0.05, 0) is 12.5 Å². The lowest BCUT2D eigenvalue weighted by Crippen LogP contribution is -2.46. The van der Waals surface area contributed by atoms with Crippen molar-refractivity contribution in [2.24, 2.45) is 0 Å². The SMILES string of the molecule is Cc1cccc([N+](=O)[O-])c1NC(=O)CN1CCNCC1.Cl.Cl. The number of carbonyl (C=O) groups is 1. The summed E-state index contributed by atoms with van der Waals surface area (Å²) in [6.07, 6.45) is 0. The Morgan fingerprint density at radius 1 is 1.36 bits per heavy atom. The Labute approximate surface area is 141 Å². The lowest BCUT2D eigenvalue weighted by molar-refractivity contribution is -0.384. The standard InChI is InChI=1S/C13H18N4O3.2ClH/c1-10-3-2-4-11(17(19)20)13(10)15-12(18)9-16-7-5-14-6-8-16;;/h2-4,14H,5-9H2,1H3,(H,15,18);2*1H. The normalized spacial score (nSPS) is 14.4. The predicted octanol–water partition coefficient (Wildman–Crippen LogP) is 1.59. The van der Waals surface area contributed by atoms with Crippen LogP contribution in [0.1, 0.15) is 5.56 Å². The number of anilines is 1.